The number of benzene rings is 1. The quantitative estimate of drug-likeness (QED) is 0.761. The number of hydrogen-bond donors (Lipinski definition) is 1. The topological polar surface area (TPSA) is 58.6 Å². The molecule has 0 unspecified atom stereocenters. The summed E-state index contributed by atoms with van der Waals surface area (Å²) < 4.78 is 33.4. The first-order valence-electron chi connectivity index (χ1n) is 7.58. The lowest BCUT2D eigenvalue weighted by Crippen LogP contribution is -2.39. The van der Waals surface area contributed by atoms with Crippen LogP contribution >= 0.6 is 27.5 Å². The van der Waals surface area contributed by atoms with Gasteiger partial charge in [0, 0.05) is 18.1 Å². The van der Waals surface area contributed by atoms with E-state index in [4.69, 9.17) is 16.3 Å². The van der Waals surface area contributed by atoms with Gasteiger partial charge in [-0.15, -0.1) is 0 Å². The van der Waals surface area contributed by atoms with Crippen molar-refractivity contribution in [2.45, 2.75) is 24.7 Å². The van der Waals surface area contributed by atoms with Crippen LogP contribution in [-0.4, -0.2) is 46.6 Å². The fourth-order valence-corrected chi connectivity index (χ4v) is 5.04. The Hall–Kier alpha value is -0.340. The summed E-state index contributed by atoms with van der Waals surface area (Å²) in [6, 6.07) is 3.00. The van der Waals surface area contributed by atoms with Gasteiger partial charge in [0.2, 0.25) is 10.0 Å². The van der Waals surface area contributed by atoms with Gasteiger partial charge in [-0.1, -0.05) is 18.5 Å². The average Bonchev–Trinajstić information content (AvgIpc) is 2.48. The fourth-order valence-electron chi connectivity index (χ4n) is 2.64. The van der Waals surface area contributed by atoms with E-state index in [0.717, 1.165) is 19.0 Å². The third-order valence-electron chi connectivity index (χ3n) is 4.06. The monoisotopic (exact) mass is 424 g/mol. The Morgan fingerprint density at radius 2 is 2.04 bits per heavy atom. The minimum atomic E-state index is -3.68. The van der Waals surface area contributed by atoms with E-state index in [0.29, 0.717) is 22.6 Å². The molecule has 1 aromatic carbocycles. The molecular weight excluding hydrogens is 404 g/mol. The molecule has 23 heavy (non-hydrogen) atoms. The van der Waals surface area contributed by atoms with E-state index >= 15 is 0 Å². The van der Waals surface area contributed by atoms with Crippen molar-refractivity contribution >= 4 is 37.6 Å². The van der Waals surface area contributed by atoms with E-state index in [1.54, 1.807) is 6.07 Å². The Morgan fingerprint density at radius 1 is 1.39 bits per heavy atom. The Balaban J connectivity index is 2.02. The van der Waals surface area contributed by atoms with Gasteiger partial charge in [0.05, 0.1) is 11.6 Å². The van der Waals surface area contributed by atoms with Crippen LogP contribution < -0.4 is 9.46 Å². The van der Waals surface area contributed by atoms with E-state index < -0.39 is 10.0 Å². The Kier molecular flexibility index (Phi) is 6.74. The van der Waals surface area contributed by atoms with E-state index in [-0.39, 0.29) is 10.6 Å². The lowest BCUT2D eigenvalue weighted by molar-refractivity contribution is 0.195. The number of methoxy groups -OCH3 is 1. The first-order valence-corrected chi connectivity index (χ1v) is 10.2. The zero-order valence-corrected chi connectivity index (χ0v) is 16.5. The molecule has 0 atom stereocenters. The van der Waals surface area contributed by atoms with Crippen molar-refractivity contribution < 1.29 is 13.2 Å². The maximum absolute atomic E-state index is 12.5. The molecule has 1 fully saturated rings. The third-order valence-corrected chi connectivity index (χ3v) is 6.34. The highest BCUT2D eigenvalue weighted by atomic mass is 79.9. The maximum Gasteiger partial charge on any atom is 0.244 e. The summed E-state index contributed by atoms with van der Waals surface area (Å²) in [6.07, 6.45) is 2.34. The third kappa shape index (κ3) is 5.06. The molecule has 0 saturated carbocycles. The lowest BCUT2D eigenvalue weighted by Gasteiger charge is -2.30. The SMILES string of the molecule is COc1c(Br)cc(Cl)cc1S(=O)(=O)NCCN1CCC(C)CC1. The summed E-state index contributed by atoms with van der Waals surface area (Å²) in [5, 5.41) is 0.336. The molecule has 1 aliphatic heterocycles. The minimum Gasteiger partial charge on any atom is -0.494 e. The van der Waals surface area contributed by atoms with Crippen molar-refractivity contribution in [1.82, 2.24) is 9.62 Å². The maximum atomic E-state index is 12.5. The molecule has 1 N–H and O–H groups in total. The van der Waals surface area contributed by atoms with Crippen molar-refractivity contribution in [3.63, 3.8) is 0 Å². The van der Waals surface area contributed by atoms with E-state index in [2.05, 4.69) is 32.5 Å². The molecule has 0 aromatic heterocycles. The molecule has 1 aromatic rings. The number of rotatable bonds is 6. The largest absolute Gasteiger partial charge is 0.494 e. The van der Waals surface area contributed by atoms with Crippen LogP contribution in [-0.2, 0) is 10.0 Å². The highest BCUT2D eigenvalue weighted by molar-refractivity contribution is 9.10. The van der Waals surface area contributed by atoms with E-state index in [1.165, 1.54) is 26.0 Å². The summed E-state index contributed by atoms with van der Waals surface area (Å²) in [4.78, 5) is 2.33. The summed E-state index contributed by atoms with van der Waals surface area (Å²) in [7, 11) is -2.24. The van der Waals surface area contributed by atoms with Crippen molar-refractivity contribution in [2.75, 3.05) is 33.3 Å². The van der Waals surface area contributed by atoms with Crippen LogP contribution in [0.25, 0.3) is 0 Å². The van der Waals surface area contributed by atoms with Gasteiger partial charge < -0.3 is 9.64 Å². The van der Waals surface area contributed by atoms with Gasteiger partial charge in [-0.05, 0) is 59.9 Å². The average molecular weight is 426 g/mol. The number of sulfonamides is 1. The number of ether oxygens (including phenoxy) is 1. The molecule has 0 radical (unpaired) electrons. The highest BCUT2D eigenvalue weighted by Crippen LogP contribution is 2.35. The van der Waals surface area contributed by atoms with Gasteiger partial charge >= 0.3 is 0 Å². The second kappa shape index (κ2) is 8.16. The van der Waals surface area contributed by atoms with Crippen LogP contribution in [0.2, 0.25) is 5.02 Å². The molecule has 0 aliphatic carbocycles. The molecule has 1 heterocycles. The standard InChI is InChI=1S/C15H22BrClN2O3S/c1-11-3-6-19(7-4-11)8-5-18-23(20,21)14-10-12(17)9-13(16)15(14)22-2/h9-11,18H,3-8H2,1-2H3. The first kappa shape index (κ1) is 19.0. The Labute approximate surface area is 151 Å². The number of halogens is 2. The second-order valence-corrected chi connectivity index (χ2v) is 8.87. The van der Waals surface area contributed by atoms with Crippen molar-refractivity contribution in [1.29, 1.82) is 0 Å². The van der Waals surface area contributed by atoms with Crippen LogP contribution in [0.15, 0.2) is 21.5 Å². The number of piperidine rings is 1. The summed E-state index contributed by atoms with van der Waals surface area (Å²) in [5.74, 6) is 1.02. The molecule has 0 amide bonds. The molecule has 0 bridgehead atoms. The van der Waals surface area contributed by atoms with Gasteiger partial charge in [-0.3, -0.25) is 0 Å². The zero-order valence-electron chi connectivity index (χ0n) is 13.3. The normalized spacial score (nSPS) is 17.4. The number of hydrogen-bond acceptors (Lipinski definition) is 4. The Bertz CT molecular complexity index is 646. The van der Waals surface area contributed by atoms with Crippen LogP contribution in [0.1, 0.15) is 19.8 Å². The van der Waals surface area contributed by atoms with Gasteiger partial charge in [0.15, 0.2) is 5.75 Å². The molecule has 5 nitrogen and oxygen atoms in total. The zero-order chi connectivity index (χ0) is 17.0. The Morgan fingerprint density at radius 3 is 2.65 bits per heavy atom. The van der Waals surface area contributed by atoms with Crippen molar-refractivity contribution in [2.24, 2.45) is 5.92 Å². The predicted molar refractivity (Wildman–Crippen MR) is 95.7 cm³/mol. The van der Waals surface area contributed by atoms with Crippen molar-refractivity contribution in [3.8, 4) is 5.75 Å². The van der Waals surface area contributed by atoms with Crippen LogP contribution in [0.5, 0.6) is 5.75 Å². The number of nitrogens with one attached hydrogen (secondary N) is 1. The predicted octanol–water partition coefficient (Wildman–Crippen LogP) is 3.12. The van der Waals surface area contributed by atoms with Crippen molar-refractivity contribution in [3.05, 3.63) is 21.6 Å². The second-order valence-electron chi connectivity index (χ2n) is 5.84. The fraction of sp³-hybridized carbons (Fsp3) is 0.600. The number of likely N-dealkylation sites (tertiary alicyclic amines) is 1. The molecule has 130 valence electrons. The smallest absolute Gasteiger partial charge is 0.244 e. The summed E-state index contributed by atoms with van der Waals surface area (Å²) in [5.41, 5.74) is 0. The van der Waals surface area contributed by atoms with E-state index in [1.807, 2.05) is 0 Å². The molecule has 0 spiro atoms. The van der Waals surface area contributed by atoms with Gasteiger partial charge in [0.25, 0.3) is 0 Å². The molecular formula is C15H22BrClN2O3S. The first-order chi connectivity index (χ1) is 10.8. The van der Waals surface area contributed by atoms with Crippen LogP contribution in [0.3, 0.4) is 0 Å². The van der Waals surface area contributed by atoms with Gasteiger partial charge in [0.1, 0.15) is 4.90 Å². The van der Waals surface area contributed by atoms with Crippen LogP contribution in [0.4, 0.5) is 0 Å². The number of nitrogens with zero attached hydrogens (tertiary/aromatic N) is 1. The van der Waals surface area contributed by atoms with Gasteiger partial charge in [-0.25, -0.2) is 13.1 Å². The molecule has 8 heteroatoms. The minimum absolute atomic E-state index is 0.0478. The molecule has 1 saturated heterocycles. The van der Waals surface area contributed by atoms with Crippen LogP contribution in [0, 0.1) is 5.92 Å². The van der Waals surface area contributed by atoms with Gasteiger partial charge in [-0.2, -0.15) is 0 Å². The lowest BCUT2D eigenvalue weighted by atomic mass is 9.99. The van der Waals surface area contributed by atoms with E-state index in [9.17, 15) is 8.42 Å². The highest BCUT2D eigenvalue weighted by Gasteiger charge is 2.23. The summed E-state index contributed by atoms with van der Waals surface area (Å²) >= 11 is 9.25. The molecule has 1 aliphatic rings. The summed E-state index contributed by atoms with van der Waals surface area (Å²) in [6.45, 7) is 5.37. The molecule has 2 rings (SSSR count).